The van der Waals surface area contributed by atoms with Gasteiger partial charge < -0.3 is 10.8 Å². The van der Waals surface area contributed by atoms with Crippen LogP contribution in [-0.4, -0.2) is 26.7 Å². The minimum Gasteiger partial charge on any atom is -0.398 e. The summed E-state index contributed by atoms with van der Waals surface area (Å²) in [6.45, 7) is 2.35. The molecule has 0 heterocycles. The van der Waals surface area contributed by atoms with Crippen molar-refractivity contribution in [2.45, 2.75) is 31.1 Å². The Morgan fingerprint density at radius 1 is 1.33 bits per heavy atom. The molecule has 0 atom stereocenters. The van der Waals surface area contributed by atoms with Gasteiger partial charge in [0.2, 0.25) is 10.0 Å². The van der Waals surface area contributed by atoms with E-state index < -0.39 is 10.0 Å². The quantitative estimate of drug-likeness (QED) is 0.507. The first-order valence-electron chi connectivity index (χ1n) is 6.00. The van der Waals surface area contributed by atoms with E-state index in [1.165, 1.54) is 6.07 Å². The van der Waals surface area contributed by atoms with Crippen molar-refractivity contribution in [3.05, 3.63) is 23.8 Å². The highest BCUT2D eigenvalue weighted by Crippen LogP contribution is 2.18. The van der Waals surface area contributed by atoms with E-state index in [9.17, 15) is 8.42 Å². The smallest absolute Gasteiger partial charge is 0.240 e. The van der Waals surface area contributed by atoms with Crippen molar-refractivity contribution in [1.82, 2.24) is 4.72 Å². The third-order valence-corrected chi connectivity index (χ3v) is 4.14. The van der Waals surface area contributed by atoms with Crippen molar-refractivity contribution in [3.63, 3.8) is 0 Å². The maximum absolute atomic E-state index is 11.9. The lowest BCUT2D eigenvalue weighted by Gasteiger charge is -2.09. The Morgan fingerprint density at radius 2 is 2.06 bits per heavy atom. The van der Waals surface area contributed by atoms with Gasteiger partial charge >= 0.3 is 0 Å². The van der Waals surface area contributed by atoms with E-state index in [1.807, 2.05) is 6.92 Å². The first-order chi connectivity index (χ1) is 8.51. The monoisotopic (exact) mass is 272 g/mol. The van der Waals surface area contributed by atoms with E-state index in [0.717, 1.165) is 12.0 Å². The number of hydrogen-bond donors (Lipinski definition) is 3. The van der Waals surface area contributed by atoms with Crippen molar-refractivity contribution < 1.29 is 13.5 Å². The van der Waals surface area contributed by atoms with Crippen LogP contribution in [0.4, 0.5) is 5.69 Å². The predicted octanol–water partition coefficient (Wildman–Crippen LogP) is 0.882. The lowest BCUT2D eigenvalue weighted by atomic mass is 10.1. The molecule has 0 fully saturated rings. The molecule has 0 aliphatic rings. The first-order valence-corrected chi connectivity index (χ1v) is 7.48. The molecule has 1 rings (SSSR count). The van der Waals surface area contributed by atoms with Gasteiger partial charge in [-0.15, -0.1) is 0 Å². The van der Waals surface area contributed by atoms with Gasteiger partial charge in [-0.05, 0) is 37.0 Å². The lowest BCUT2D eigenvalue weighted by molar-refractivity contribution is 0.285. The molecule has 6 heteroatoms. The van der Waals surface area contributed by atoms with E-state index in [2.05, 4.69) is 4.72 Å². The summed E-state index contributed by atoms with van der Waals surface area (Å²) < 4.78 is 26.3. The second-order valence-corrected chi connectivity index (χ2v) is 5.81. The van der Waals surface area contributed by atoms with Gasteiger partial charge in [-0.2, -0.15) is 0 Å². The summed E-state index contributed by atoms with van der Waals surface area (Å²) in [5, 5.41) is 8.61. The molecule has 0 unspecified atom stereocenters. The van der Waals surface area contributed by atoms with Crippen LogP contribution in [0.15, 0.2) is 23.1 Å². The first kappa shape index (κ1) is 14.9. The SMILES string of the molecule is CCc1ccc(S(=O)(=O)NCCCCO)cc1N. The van der Waals surface area contributed by atoms with Gasteiger partial charge in [-0.1, -0.05) is 13.0 Å². The minimum atomic E-state index is -3.50. The highest BCUT2D eigenvalue weighted by atomic mass is 32.2. The number of nitrogens with one attached hydrogen (secondary N) is 1. The number of anilines is 1. The van der Waals surface area contributed by atoms with Gasteiger partial charge in [-0.25, -0.2) is 13.1 Å². The number of aliphatic hydroxyl groups excluding tert-OH is 1. The zero-order chi connectivity index (χ0) is 13.6. The van der Waals surface area contributed by atoms with Crippen LogP contribution >= 0.6 is 0 Å². The molecular formula is C12H20N2O3S. The molecule has 5 nitrogen and oxygen atoms in total. The van der Waals surface area contributed by atoms with Crippen LogP contribution in [0.3, 0.4) is 0 Å². The standard InChI is InChI=1S/C12H20N2O3S/c1-2-10-5-6-11(9-12(10)13)18(16,17)14-7-3-4-8-15/h5-6,9,14-15H,2-4,7-8,13H2,1H3. The predicted molar refractivity (Wildman–Crippen MR) is 71.7 cm³/mol. The number of aliphatic hydroxyl groups is 1. The molecule has 18 heavy (non-hydrogen) atoms. The summed E-state index contributed by atoms with van der Waals surface area (Å²) in [5.74, 6) is 0. The van der Waals surface area contributed by atoms with Crippen LogP contribution in [0.25, 0.3) is 0 Å². The van der Waals surface area contributed by atoms with Crippen LogP contribution in [0.5, 0.6) is 0 Å². The number of nitrogens with two attached hydrogens (primary N) is 1. The highest BCUT2D eigenvalue weighted by molar-refractivity contribution is 7.89. The van der Waals surface area contributed by atoms with Gasteiger partial charge in [0.25, 0.3) is 0 Å². The second-order valence-electron chi connectivity index (χ2n) is 4.04. The maximum Gasteiger partial charge on any atom is 0.240 e. The summed E-state index contributed by atoms with van der Waals surface area (Å²) in [5.41, 5.74) is 7.21. The Kier molecular flexibility index (Phi) is 5.58. The zero-order valence-corrected chi connectivity index (χ0v) is 11.3. The fourth-order valence-electron chi connectivity index (χ4n) is 1.59. The molecule has 1 aromatic carbocycles. The van der Waals surface area contributed by atoms with Crippen LogP contribution in [0, 0.1) is 0 Å². The molecule has 0 saturated heterocycles. The average molecular weight is 272 g/mol. The molecule has 4 N–H and O–H groups in total. The third kappa shape index (κ3) is 3.97. The number of sulfonamides is 1. The molecule has 1 aromatic rings. The Labute approximate surface area is 108 Å². The van der Waals surface area contributed by atoms with Crippen molar-refractivity contribution in [1.29, 1.82) is 0 Å². The molecule has 0 amide bonds. The van der Waals surface area contributed by atoms with Gasteiger partial charge in [0.05, 0.1) is 4.90 Å². The van der Waals surface area contributed by atoms with Crippen LogP contribution in [-0.2, 0) is 16.4 Å². The van der Waals surface area contributed by atoms with Crippen LogP contribution < -0.4 is 10.5 Å². The van der Waals surface area contributed by atoms with Crippen molar-refractivity contribution >= 4 is 15.7 Å². The molecule has 0 aliphatic heterocycles. The number of nitrogen functional groups attached to an aromatic ring is 1. The Bertz CT molecular complexity index is 486. The normalized spacial score (nSPS) is 11.7. The number of benzene rings is 1. The summed E-state index contributed by atoms with van der Waals surface area (Å²) >= 11 is 0. The molecule has 0 aliphatic carbocycles. The molecule has 0 spiro atoms. The van der Waals surface area contributed by atoms with E-state index in [-0.39, 0.29) is 11.5 Å². The van der Waals surface area contributed by atoms with Crippen molar-refractivity contribution in [3.8, 4) is 0 Å². The van der Waals surface area contributed by atoms with Gasteiger partial charge in [-0.3, -0.25) is 0 Å². The summed E-state index contributed by atoms with van der Waals surface area (Å²) in [6, 6.07) is 4.77. The maximum atomic E-state index is 11.9. The Balaban J connectivity index is 2.76. The summed E-state index contributed by atoms with van der Waals surface area (Å²) in [4.78, 5) is 0.182. The van der Waals surface area contributed by atoms with Crippen LogP contribution in [0.2, 0.25) is 0 Å². The van der Waals surface area contributed by atoms with Gasteiger partial charge in [0.15, 0.2) is 0 Å². The van der Waals surface area contributed by atoms with E-state index >= 15 is 0 Å². The topological polar surface area (TPSA) is 92.4 Å². The number of aryl methyl sites for hydroxylation is 1. The van der Waals surface area contributed by atoms with Gasteiger partial charge in [0, 0.05) is 18.8 Å². The second kappa shape index (κ2) is 6.72. The number of unbranched alkanes of at least 4 members (excludes halogenated alkanes) is 1. The van der Waals surface area contributed by atoms with E-state index in [1.54, 1.807) is 12.1 Å². The fourth-order valence-corrected chi connectivity index (χ4v) is 2.70. The third-order valence-electron chi connectivity index (χ3n) is 2.69. The van der Waals surface area contributed by atoms with Gasteiger partial charge in [0.1, 0.15) is 0 Å². The van der Waals surface area contributed by atoms with Crippen molar-refractivity contribution in [2.75, 3.05) is 18.9 Å². The average Bonchev–Trinajstić information content (AvgIpc) is 2.34. The summed E-state index contributed by atoms with van der Waals surface area (Å²) in [7, 11) is -3.50. The molecule has 0 bridgehead atoms. The van der Waals surface area contributed by atoms with E-state index in [0.29, 0.717) is 25.1 Å². The molecular weight excluding hydrogens is 252 g/mol. The lowest BCUT2D eigenvalue weighted by Crippen LogP contribution is -2.25. The highest BCUT2D eigenvalue weighted by Gasteiger charge is 2.14. The van der Waals surface area contributed by atoms with Crippen molar-refractivity contribution in [2.24, 2.45) is 0 Å². The number of rotatable bonds is 7. The molecule has 0 saturated carbocycles. The Hall–Kier alpha value is -1.11. The number of hydrogen-bond acceptors (Lipinski definition) is 4. The molecule has 0 radical (unpaired) electrons. The molecule has 102 valence electrons. The molecule has 0 aromatic heterocycles. The largest absolute Gasteiger partial charge is 0.398 e. The Morgan fingerprint density at radius 3 is 2.61 bits per heavy atom. The minimum absolute atomic E-state index is 0.0693. The zero-order valence-electron chi connectivity index (χ0n) is 10.5. The van der Waals surface area contributed by atoms with E-state index in [4.69, 9.17) is 10.8 Å². The van der Waals surface area contributed by atoms with Crippen LogP contribution in [0.1, 0.15) is 25.3 Å². The summed E-state index contributed by atoms with van der Waals surface area (Å²) in [6.07, 6.45) is 1.97. The fraction of sp³-hybridized carbons (Fsp3) is 0.500.